The van der Waals surface area contributed by atoms with E-state index in [9.17, 15) is 4.79 Å². The molecular formula is C15H19N3O2. The Kier molecular flexibility index (Phi) is 5.10. The van der Waals surface area contributed by atoms with Crippen LogP contribution < -0.4 is 5.32 Å². The van der Waals surface area contributed by atoms with E-state index >= 15 is 0 Å². The first kappa shape index (κ1) is 14.5. The second kappa shape index (κ2) is 7.04. The molecule has 0 spiro atoms. The minimum atomic E-state index is -0.133. The molecule has 1 atom stereocenters. The molecule has 2 rings (SSSR count). The van der Waals surface area contributed by atoms with Gasteiger partial charge in [-0.2, -0.15) is 5.26 Å². The van der Waals surface area contributed by atoms with Crippen LogP contribution in [0.5, 0.6) is 0 Å². The predicted molar refractivity (Wildman–Crippen MR) is 75.3 cm³/mol. The molecule has 1 saturated heterocycles. The number of likely N-dealkylation sites (N-methyl/N-ethyl adjacent to an activating group) is 1. The maximum Gasteiger partial charge on any atom is 0.251 e. The van der Waals surface area contributed by atoms with E-state index in [2.05, 4.69) is 17.1 Å². The van der Waals surface area contributed by atoms with Gasteiger partial charge in [-0.15, -0.1) is 0 Å². The number of morpholine rings is 1. The van der Waals surface area contributed by atoms with E-state index in [1.807, 2.05) is 6.07 Å². The minimum absolute atomic E-state index is 0.0473. The SMILES string of the molecule is CCN1CCOC(CNC(=O)c2ccc(C#N)cc2)C1. The summed E-state index contributed by atoms with van der Waals surface area (Å²) in [6, 6.07) is 8.64. The number of nitriles is 1. The zero-order chi connectivity index (χ0) is 14.4. The molecule has 5 nitrogen and oxygen atoms in total. The van der Waals surface area contributed by atoms with Gasteiger partial charge in [0.2, 0.25) is 0 Å². The normalized spacial score (nSPS) is 19.3. The van der Waals surface area contributed by atoms with Crippen LogP contribution in [-0.2, 0) is 4.74 Å². The molecule has 0 radical (unpaired) electrons. The summed E-state index contributed by atoms with van der Waals surface area (Å²) in [4.78, 5) is 14.3. The summed E-state index contributed by atoms with van der Waals surface area (Å²) in [5, 5.41) is 11.6. The van der Waals surface area contributed by atoms with E-state index in [-0.39, 0.29) is 12.0 Å². The third-order valence-electron chi connectivity index (χ3n) is 3.44. The molecule has 106 valence electrons. The molecule has 0 aliphatic carbocycles. The molecule has 1 aliphatic heterocycles. The van der Waals surface area contributed by atoms with Gasteiger partial charge in [-0.1, -0.05) is 6.92 Å². The fourth-order valence-electron chi connectivity index (χ4n) is 2.20. The minimum Gasteiger partial charge on any atom is -0.374 e. The van der Waals surface area contributed by atoms with Crippen molar-refractivity contribution in [3.63, 3.8) is 0 Å². The van der Waals surface area contributed by atoms with Gasteiger partial charge < -0.3 is 10.1 Å². The molecule has 1 N–H and O–H groups in total. The highest BCUT2D eigenvalue weighted by Crippen LogP contribution is 2.06. The highest BCUT2D eigenvalue weighted by Gasteiger charge is 2.19. The Labute approximate surface area is 119 Å². The highest BCUT2D eigenvalue weighted by atomic mass is 16.5. The van der Waals surface area contributed by atoms with Crippen molar-refractivity contribution in [3.05, 3.63) is 35.4 Å². The number of rotatable bonds is 4. The predicted octanol–water partition coefficient (Wildman–Crippen LogP) is 1.01. The fraction of sp³-hybridized carbons (Fsp3) is 0.467. The summed E-state index contributed by atoms with van der Waals surface area (Å²) in [5.74, 6) is -0.133. The van der Waals surface area contributed by atoms with Gasteiger partial charge in [0.15, 0.2) is 0 Å². The number of hydrogen-bond donors (Lipinski definition) is 1. The molecule has 1 aliphatic rings. The van der Waals surface area contributed by atoms with Crippen molar-refractivity contribution in [2.24, 2.45) is 0 Å². The second-order valence-corrected chi connectivity index (χ2v) is 4.79. The molecule has 0 saturated carbocycles. The van der Waals surface area contributed by atoms with Gasteiger partial charge in [-0.05, 0) is 30.8 Å². The topological polar surface area (TPSA) is 65.4 Å². The van der Waals surface area contributed by atoms with Gasteiger partial charge in [-0.25, -0.2) is 0 Å². The first-order valence-corrected chi connectivity index (χ1v) is 6.85. The lowest BCUT2D eigenvalue weighted by Crippen LogP contribution is -2.47. The van der Waals surface area contributed by atoms with Gasteiger partial charge in [0, 0.05) is 25.2 Å². The van der Waals surface area contributed by atoms with E-state index in [1.54, 1.807) is 24.3 Å². The van der Waals surface area contributed by atoms with E-state index < -0.39 is 0 Å². The van der Waals surface area contributed by atoms with Gasteiger partial charge in [0.1, 0.15) is 0 Å². The standard InChI is InChI=1S/C15H19N3O2/c1-2-18-7-8-20-14(11-18)10-17-15(19)13-5-3-12(9-16)4-6-13/h3-6,14H,2,7-8,10-11H2,1H3,(H,17,19). The van der Waals surface area contributed by atoms with Gasteiger partial charge in [-0.3, -0.25) is 9.69 Å². The van der Waals surface area contributed by atoms with Crippen molar-refractivity contribution in [2.75, 3.05) is 32.8 Å². The lowest BCUT2D eigenvalue weighted by atomic mass is 10.1. The lowest BCUT2D eigenvalue weighted by molar-refractivity contribution is -0.0246. The van der Waals surface area contributed by atoms with E-state index in [0.717, 1.165) is 19.6 Å². The number of hydrogen-bond acceptors (Lipinski definition) is 4. The largest absolute Gasteiger partial charge is 0.374 e. The number of nitrogens with zero attached hydrogens (tertiary/aromatic N) is 2. The smallest absolute Gasteiger partial charge is 0.251 e. The zero-order valence-corrected chi connectivity index (χ0v) is 11.6. The van der Waals surface area contributed by atoms with Crippen LogP contribution in [0.3, 0.4) is 0 Å². The molecule has 1 unspecified atom stereocenters. The van der Waals surface area contributed by atoms with Gasteiger partial charge in [0.25, 0.3) is 5.91 Å². The van der Waals surface area contributed by atoms with Gasteiger partial charge >= 0.3 is 0 Å². The number of amides is 1. The molecule has 1 fully saturated rings. The van der Waals surface area contributed by atoms with Crippen LogP contribution in [0.2, 0.25) is 0 Å². The average Bonchev–Trinajstić information content (AvgIpc) is 2.53. The number of carbonyl (C=O) groups is 1. The van der Waals surface area contributed by atoms with Crippen molar-refractivity contribution in [1.29, 1.82) is 5.26 Å². The molecule has 0 aromatic heterocycles. The molecule has 20 heavy (non-hydrogen) atoms. The maximum absolute atomic E-state index is 12.0. The van der Waals surface area contributed by atoms with Crippen LogP contribution in [-0.4, -0.2) is 49.7 Å². The summed E-state index contributed by atoms with van der Waals surface area (Å²) in [6.45, 7) is 6.16. The Bertz CT molecular complexity index is 493. The number of benzene rings is 1. The molecule has 1 aromatic carbocycles. The first-order chi connectivity index (χ1) is 9.72. The quantitative estimate of drug-likeness (QED) is 0.889. The van der Waals surface area contributed by atoms with Crippen LogP contribution in [0.1, 0.15) is 22.8 Å². The Balaban J connectivity index is 1.83. The summed E-state index contributed by atoms with van der Waals surface area (Å²) >= 11 is 0. The number of ether oxygens (including phenoxy) is 1. The summed E-state index contributed by atoms with van der Waals surface area (Å²) < 4.78 is 5.63. The monoisotopic (exact) mass is 273 g/mol. The molecule has 1 aromatic rings. The summed E-state index contributed by atoms with van der Waals surface area (Å²) in [7, 11) is 0. The molecule has 0 bridgehead atoms. The van der Waals surface area contributed by atoms with Crippen molar-refractivity contribution in [1.82, 2.24) is 10.2 Å². The number of carbonyl (C=O) groups excluding carboxylic acids is 1. The van der Waals surface area contributed by atoms with Crippen LogP contribution in [0.15, 0.2) is 24.3 Å². The van der Waals surface area contributed by atoms with Gasteiger partial charge in [0.05, 0.1) is 24.3 Å². The van der Waals surface area contributed by atoms with Crippen molar-refractivity contribution < 1.29 is 9.53 Å². The van der Waals surface area contributed by atoms with E-state index in [4.69, 9.17) is 10.00 Å². The fourth-order valence-corrected chi connectivity index (χ4v) is 2.20. The summed E-state index contributed by atoms with van der Waals surface area (Å²) in [5.41, 5.74) is 1.11. The van der Waals surface area contributed by atoms with Crippen LogP contribution in [0.25, 0.3) is 0 Å². The number of nitrogens with one attached hydrogen (secondary N) is 1. The molecule has 1 amide bonds. The van der Waals surface area contributed by atoms with Crippen molar-refractivity contribution in [3.8, 4) is 6.07 Å². The van der Waals surface area contributed by atoms with Crippen LogP contribution in [0.4, 0.5) is 0 Å². The van der Waals surface area contributed by atoms with E-state index in [0.29, 0.717) is 24.3 Å². The molecule has 1 heterocycles. The zero-order valence-electron chi connectivity index (χ0n) is 11.6. The van der Waals surface area contributed by atoms with Crippen LogP contribution in [0, 0.1) is 11.3 Å². The Morgan fingerprint density at radius 2 is 2.25 bits per heavy atom. The molecular weight excluding hydrogens is 254 g/mol. The maximum atomic E-state index is 12.0. The Morgan fingerprint density at radius 1 is 1.50 bits per heavy atom. The third kappa shape index (κ3) is 3.80. The average molecular weight is 273 g/mol. The second-order valence-electron chi connectivity index (χ2n) is 4.79. The third-order valence-corrected chi connectivity index (χ3v) is 3.44. The first-order valence-electron chi connectivity index (χ1n) is 6.85. The van der Waals surface area contributed by atoms with Crippen LogP contribution >= 0.6 is 0 Å². The van der Waals surface area contributed by atoms with Crippen molar-refractivity contribution >= 4 is 5.91 Å². The highest BCUT2D eigenvalue weighted by molar-refractivity contribution is 5.94. The summed E-state index contributed by atoms with van der Waals surface area (Å²) in [6.07, 6.45) is 0.0473. The van der Waals surface area contributed by atoms with Crippen molar-refractivity contribution in [2.45, 2.75) is 13.0 Å². The Hall–Kier alpha value is -1.90. The molecule has 5 heteroatoms. The lowest BCUT2D eigenvalue weighted by Gasteiger charge is -2.32. The van der Waals surface area contributed by atoms with E-state index in [1.165, 1.54) is 0 Å². The Morgan fingerprint density at radius 3 is 2.90 bits per heavy atom.